The smallest absolute Gasteiger partial charge is 0.373 e. The van der Waals surface area contributed by atoms with E-state index in [1.807, 2.05) is 13.0 Å². The van der Waals surface area contributed by atoms with Gasteiger partial charge in [-0.25, -0.2) is 83.8 Å². The number of carbonyl (C=O) groups excluding carboxylic acids is 11. The first-order chi connectivity index (χ1) is 66.4. The van der Waals surface area contributed by atoms with E-state index in [2.05, 4.69) is 59.8 Å². The Morgan fingerprint density at radius 2 is 0.493 bits per heavy atom. The van der Waals surface area contributed by atoms with E-state index in [9.17, 15) is 74.4 Å². The molecule has 0 fully saturated rings. The SMILES string of the molecule is COC(=O)c1ccc(-c2nc(-c3ccccc3O)nc(-c3c(C)cc(C(=O)OC)cc3O)n2)cc1.COC(=O)c1ccc(-c2nc(-c3ccccc3O)nc(-c3c(C)cccc3O)n2)cc1.COC(=O)c1ccc(-c2nc(-c3ccccc3O)nc(-c3cccc(C(=O)OC)c3O)n2)cc1.NC(=O)c1ccc(-c2nc(-c3ccccc3O)nc(-c3ccc(C(N)=O)cc3O)n2)cc1.O=C=O.O=C=O. The summed E-state index contributed by atoms with van der Waals surface area (Å²) in [6, 6.07) is 69.0. The summed E-state index contributed by atoms with van der Waals surface area (Å²) in [4.78, 5) is 168. The van der Waals surface area contributed by atoms with Crippen LogP contribution in [0.15, 0.2) is 261 Å². The summed E-state index contributed by atoms with van der Waals surface area (Å²) in [5.74, 6) is -2.41. The molecular weight excluding hydrogens is 1780 g/mol. The molecule has 12 N–H and O–H groups in total. The molecule has 4 aromatic heterocycles. The number of hydrogen-bond donors (Lipinski definition) is 10. The topological polar surface area (TPSA) is 602 Å². The van der Waals surface area contributed by atoms with Gasteiger partial charge in [0.1, 0.15) is 51.6 Å². The van der Waals surface area contributed by atoms with Gasteiger partial charge in [-0.3, -0.25) is 9.59 Å². The van der Waals surface area contributed by atoms with Crippen molar-refractivity contribution in [1.29, 1.82) is 0 Å². The van der Waals surface area contributed by atoms with Crippen LogP contribution in [0, 0.1) is 13.8 Å². The van der Waals surface area contributed by atoms with Gasteiger partial charge in [0.2, 0.25) is 11.8 Å². The van der Waals surface area contributed by atoms with Gasteiger partial charge in [0.25, 0.3) is 0 Å². The van der Waals surface area contributed by atoms with Crippen molar-refractivity contribution in [2.24, 2.45) is 11.5 Å². The van der Waals surface area contributed by atoms with E-state index in [0.29, 0.717) is 89.3 Å². The molecule has 0 saturated carbocycles. The van der Waals surface area contributed by atoms with Crippen LogP contribution in [-0.4, -0.2) is 190 Å². The molecule has 0 atom stereocenters. The van der Waals surface area contributed by atoms with Gasteiger partial charge < -0.3 is 76.0 Å². The van der Waals surface area contributed by atoms with Gasteiger partial charge in [-0.15, -0.1) is 0 Å². The Morgan fingerprint density at radius 1 is 0.239 bits per heavy atom. The van der Waals surface area contributed by atoms with Crippen LogP contribution >= 0.6 is 0 Å². The number of primary amides is 2. The Kier molecular flexibility index (Phi) is 32.6. The number of nitrogens with zero attached hydrogens (tertiary/aromatic N) is 12. The van der Waals surface area contributed by atoms with Crippen LogP contribution in [-0.2, 0) is 42.9 Å². The van der Waals surface area contributed by atoms with Crippen LogP contribution in [0.5, 0.6) is 46.0 Å². The number of aromatic hydroxyl groups is 8. The van der Waals surface area contributed by atoms with E-state index < -0.39 is 41.7 Å². The van der Waals surface area contributed by atoms with Gasteiger partial charge in [0.05, 0.1) is 102 Å². The number of phenolic OH excluding ortho intramolecular Hbond substituents is 8. The number of esters is 5. The highest BCUT2D eigenvalue weighted by atomic mass is 16.5. The fourth-order valence-corrected chi connectivity index (χ4v) is 13.1. The van der Waals surface area contributed by atoms with E-state index in [0.717, 1.165) is 5.56 Å². The van der Waals surface area contributed by atoms with Crippen molar-refractivity contribution in [1.82, 2.24) is 59.8 Å². The number of methoxy groups -OCH3 is 5. The van der Waals surface area contributed by atoms with Crippen LogP contribution in [0.2, 0.25) is 0 Å². The second kappa shape index (κ2) is 45.6. The molecule has 0 radical (unpaired) electrons. The average Bonchev–Trinajstić information content (AvgIpc) is 0.771. The number of amides is 2. The number of aromatic nitrogens is 12. The summed E-state index contributed by atoms with van der Waals surface area (Å²) in [6.07, 6.45) is 0.500. The molecule has 690 valence electrons. The third kappa shape index (κ3) is 23.6. The molecule has 0 bridgehead atoms. The first-order valence-corrected chi connectivity index (χ1v) is 40.3. The predicted octanol–water partition coefficient (Wildman–Crippen LogP) is 13.7. The molecule has 16 rings (SSSR count). The molecule has 12 aromatic carbocycles. The lowest BCUT2D eigenvalue weighted by atomic mass is 10.0. The number of aryl methyl sites for hydroxylation is 2. The fourth-order valence-electron chi connectivity index (χ4n) is 13.1. The van der Waals surface area contributed by atoms with E-state index in [-0.39, 0.29) is 150 Å². The maximum Gasteiger partial charge on any atom is 0.373 e. The van der Waals surface area contributed by atoms with Gasteiger partial charge in [0.15, 0.2) is 69.9 Å². The number of hydrogen-bond acceptors (Lipinski definition) is 36. The number of benzene rings is 12. The zero-order valence-electron chi connectivity index (χ0n) is 73.5. The Bertz CT molecular complexity index is 7310. The Morgan fingerprint density at radius 3 is 0.804 bits per heavy atom. The van der Waals surface area contributed by atoms with E-state index in [1.165, 1.54) is 84.1 Å². The van der Waals surface area contributed by atoms with Crippen molar-refractivity contribution in [3.05, 3.63) is 311 Å². The average molecular weight is 1860 g/mol. The van der Waals surface area contributed by atoms with Gasteiger partial charge in [-0.2, -0.15) is 19.2 Å². The van der Waals surface area contributed by atoms with Crippen LogP contribution in [0.3, 0.4) is 0 Å². The molecule has 0 aliphatic heterocycles. The van der Waals surface area contributed by atoms with Crippen LogP contribution in [0.25, 0.3) is 137 Å². The highest BCUT2D eigenvalue weighted by molar-refractivity contribution is 5.97. The molecular formula is C100H76N14O24. The maximum absolute atomic E-state index is 12.0. The number of phenols is 8. The number of para-hydroxylation sites is 5. The molecule has 0 aliphatic rings. The number of carbonyl (C=O) groups is 7. The minimum absolute atomic E-state index is 0.0284. The van der Waals surface area contributed by atoms with Crippen LogP contribution in [0.4, 0.5) is 0 Å². The molecule has 138 heavy (non-hydrogen) atoms. The van der Waals surface area contributed by atoms with E-state index in [4.69, 9.17) is 54.3 Å². The Hall–Kier alpha value is -19.9. The number of nitrogens with two attached hydrogens (primary N) is 2. The highest BCUT2D eigenvalue weighted by Crippen LogP contribution is 2.41. The standard InChI is InChI=1S/C26H21N3O6.C25H19N3O6.C24H19N3O4.C23H17N5O4.2CO2/c1-14-12-17(26(33)35-3)13-20(31)21(14)24-28-22(15-8-10-16(11-9-15)25(32)34-2)27-23(29-24)18-6-4-5-7-19(18)30;1-33-24(31)15-12-10-14(11-13-15)21-26-22(16-6-3-4-9-19(16)29)28-23(27-21)17-7-5-8-18(20(17)30)25(32)34-2;1-14-6-5-9-19(29)20(14)23-26-21(15-10-12-16(13-11-15)24(30)31-2)25-22(27-23)17-7-3-4-8-18(17)28;24-19(31)12-5-7-13(8-6-12)21-26-22(15-3-1-2-4-17(15)29)28-23(27-21)16-10-9-14(20(25)32)11-18(16)30;2*2-1-3/h4-13,30-31H,1-3H3;3-13,29-30H,1-2H3;3-13,28-29H,1-2H3;1-11,29-30H,(H2,24,31)(H2,25,32);;. The number of ether oxygens (including phenoxy) is 5. The lowest BCUT2D eigenvalue weighted by molar-refractivity contribution is -0.193. The molecule has 38 heteroatoms. The molecule has 4 heterocycles. The van der Waals surface area contributed by atoms with Crippen molar-refractivity contribution >= 4 is 54.0 Å². The van der Waals surface area contributed by atoms with E-state index in [1.54, 1.807) is 213 Å². The van der Waals surface area contributed by atoms with Crippen LogP contribution in [0.1, 0.15) is 83.6 Å². The van der Waals surface area contributed by atoms with Gasteiger partial charge in [-0.1, -0.05) is 115 Å². The van der Waals surface area contributed by atoms with Gasteiger partial charge in [0, 0.05) is 33.4 Å². The summed E-state index contributed by atoms with van der Waals surface area (Å²) in [7, 11) is 6.38. The largest absolute Gasteiger partial charge is 0.507 e. The van der Waals surface area contributed by atoms with Crippen molar-refractivity contribution in [2.45, 2.75) is 13.8 Å². The monoisotopic (exact) mass is 1860 g/mol. The minimum Gasteiger partial charge on any atom is -0.507 e. The van der Waals surface area contributed by atoms with E-state index >= 15 is 0 Å². The zero-order chi connectivity index (χ0) is 99.6. The number of rotatable bonds is 19. The lowest BCUT2D eigenvalue weighted by Crippen LogP contribution is -2.10. The summed E-state index contributed by atoms with van der Waals surface area (Å²) in [6.45, 7) is 3.55. The molecule has 16 aromatic rings. The summed E-state index contributed by atoms with van der Waals surface area (Å²) < 4.78 is 23.7. The molecule has 0 saturated heterocycles. The third-order valence-corrected chi connectivity index (χ3v) is 19.9. The van der Waals surface area contributed by atoms with Crippen LogP contribution < -0.4 is 11.5 Å². The molecule has 0 spiro atoms. The highest BCUT2D eigenvalue weighted by Gasteiger charge is 2.27. The first-order valence-electron chi connectivity index (χ1n) is 40.3. The second-order valence-corrected chi connectivity index (χ2v) is 28.5. The third-order valence-electron chi connectivity index (χ3n) is 19.9. The first kappa shape index (κ1) is 98.7. The zero-order valence-corrected chi connectivity index (χ0v) is 73.5. The van der Waals surface area contributed by atoms with Crippen molar-refractivity contribution in [3.63, 3.8) is 0 Å². The lowest BCUT2D eigenvalue weighted by Gasteiger charge is -2.13. The van der Waals surface area contributed by atoms with Crippen molar-refractivity contribution in [2.75, 3.05) is 35.5 Å². The van der Waals surface area contributed by atoms with Crippen molar-refractivity contribution < 1.29 is 117 Å². The normalized spacial score (nSPS) is 10.3. The molecule has 2 amide bonds. The summed E-state index contributed by atoms with van der Waals surface area (Å²) >= 11 is 0. The minimum atomic E-state index is -0.715. The van der Waals surface area contributed by atoms with Gasteiger partial charge in [-0.05, 0) is 171 Å². The Labute approximate surface area is 781 Å². The van der Waals surface area contributed by atoms with Crippen molar-refractivity contribution in [3.8, 4) is 183 Å². The summed E-state index contributed by atoms with van der Waals surface area (Å²) in [5.41, 5.74) is 18.6. The molecule has 0 unspecified atom stereocenters. The molecule has 38 nitrogen and oxygen atoms in total. The fraction of sp³-hybridized carbons (Fsp3) is 0.0700. The Balaban J connectivity index is 0.000000173. The summed E-state index contributed by atoms with van der Waals surface area (Å²) in [5, 5.41) is 83.8. The quantitative estimate of drug-likeness (QED) is 0.0265. The molecule has 0 aliphatic carbocycles. The maximum atomic E-state index is 12.0. The second-order valence-electron chi connectivity index (χ2n) is 28.5. The van der Waals surface area contributed by atoms with Gasteiger partial charge >= 0.3 is 42.1 Å². The predicted molar refractivity (Wildman–Crippen MR) is 491 cm³/mol.